The van der Waals surface area contributed by atoms with Crippen molar-refractivity contribution in [3.05, 3.63) is 18.2 Å². The van der Waals surface area contributed by atoms with Crippen molar-refractivity contribution in [2.75, 3.05) is 0 Å². The Morgan fingerprint density at radius 2 is 2.23 bits per heavy atom. The maximum absolute atomic E-state index is 12.0. The maximum atomic E-state index is 12.0. The molecule has 1 fully saturated rings. The monoisotopic (exact) mass is 302 g/mol. The molecule has 0 saturated carbocycles. The van der Waals surface area contributed by atoms with Crippen molar-refractivity contribution in [1.29, 1.82) is 0 Å². The summed E-state index contributed by atoms with van der Waals surface area (Å²) in [4.78, 5) is 28.0. The summed E-state index contributed by atoms with van der Waals surface area (Å²) in [5.41, 5.74) is -0.225. The Bertz CT molecular complexity index is 631. The lowest BCUT2D eigenvalue weighted by Crippen LogP contribution is -2.50. The van der Waals surface area contributed by atoms with E-state index in [0.717, 1.165) is 5.82 Å². The summed E-state index contributed by atoms with van der Waals surface area (Å²) in [6, 6.07) is -0.540. The first kappa shape index (κ1) is 16.1. The van der Waals surface area contributed by atoms with Crippen molar-refractivity contribution in [3.8, 4) is 11.8 Å². The van der Waals surface area contributed by atoms with E-state index in [0.29, 0.717) is 12.8 Å². The molecule has 0 radical (unpaired) electrons. The van der Waals surface area contributed by atoms with Crippen molar-refractivity contribution in [2.45, 2.75) is 45.7 Å². The van der Waals surface area contributed by atoms with Crippen LogP contribution in [-0.2, 0) is 16.6 Å². The lowest BCUT2D eigenvalue weighted by Gasteiger charge is -2.31. The van der Waals surface area contributed by atoms with Crippen LogP contribution in [0.4, 0.5) is 0 Å². The topological polar surface area (TPSA) is 76.0 Å². The van der Waals surface area contributed by atoms with Gasteiger partial charge in [-0.1, -0.05) is 5.92 Å². The molecule has 2 atom stereocenters. The molecule has 0 unspecified atom stereocenters. The Kier molecular flexibility index (Phi) is 4.55. The Labute approximate surface area is 130 Å². The number of imidazole rings is 1. The molecule has 2 heterocycles. The maximum Gasteiger partial charge on any atom is 0.296 e. The fourth-order valence-electron chi connectivity index (χ4n) is 2.33. The minimum atomic E-state index is -0.332. The van der Waals surface area contributed by atoms with Gasteiger partial charge >= 0.3 is 0 Å². The second kappa shape index (κ2) is 6.22. The first-order chi connectivity index (χ1) is 10.3. The third kappa shape index (κ3) is 4.10. The van der Waals surface area contributed by atoms with E-state index in [-0.39, 0.29) is 29.3 Å². The van der Waals surface area contributed by atoms with Gasteiger partial charge in [0.25, 0.3) is 5.91 Å². The lowest BCUT2D eigenvalue weighted by molar-refractivity contribution is -0.125. The molecule has 1 aromatic heterocycles. The molecule has 6 nitrogen and oxygen atoms in total. The molecular formula is C16H22N4O2. The minimum absolute atomic E-state index is 0.0284. The van der Waals surface area contributed by atoms with Crippen LogP contribution < -0.4 is 10.6 Å². The predicted molar refractivity (Wildman–Crippen MR) is 82.5 cm³/mol. The number of carbonyl (C=O) groups is 2. The number of hydrogen-bond donors (Lipinski definition) is 2. The number of amides is 2. The summed E-state index contributed by atoms with van der Waals surface area (Å²) in [5, 5.41) is 5.80. The number of piperidine rings is 1. The van der Waals surface area contributed by atoms with E-state index in [9.17, 15) is 9.59 Å². The highest BCUT2D eigenvalue weighted by Gasteiger charge is 2.33. The molecule has 1 aliphatic rings. The fourth-order valence-corrected chi connectivity index (χ4v) is 2.33. The van der Waals surface area contributed by atoms with Crippen LogP contribution in [0.2, 0.25) is 0 Å². The highest BCUT2D eigenvalue weighted by Crippen LogP contribution is 2.22. The summed E-state index contributed by atoms with van der Waals surface area (Å²) in [7, 11) is 1.86. The zero-order valence-corrected chi connectivity index (χ0v) is 13.4. The van der Waals surface area contributed by atoms with Crippen LogP contribution in [0, 0.1) is 17.3 Å². The second-order valence-corrected chi connectivity index (χ2v) is 6.56. The van der Waals surface area contributed by atoms with E-state index in [4.69, 9.17) is 0 Å². The van der Waals surface area contributed by atoms with Crippen molar-refractivity contribution in [1.82, 2.24) is 20.2 Å². The average Bonchev–Trinajstić information content (AvgIpc) is 2.84. The van der Waals surface area contributed by atoms with E-state index < -0.39 is 0 Å². The lowest BCUT2D eigenvalue weighted by atomic mass is 9.96. The van der Waals surface area contributed by atoms with Crippen LogP contribution in [0.1, 0.15) is 45.5 Å². The quantitative estimate of drug-likeness (QED) is 0.797. The smallest absolute Gasteiger partial charge is 0.296 e. The number of aromatic nitrogens is 2. The van der Waals surface area contributed by atoms with Crippen molar-refractivity contribution in [3.63, 3.8) is 0 Å². The zero-order chi connectivity index (χ0) is 16.3. The Morgan fingerprint density at radius 1 is 1.50 bits per heavy atom. The van der Waals surface area contributed by atoms with Crippen molar-refractivity contribution in [2.24, 2.45) is 12.5 Å². The van der Waals surface area contributed by atoms with Gasteiger partial charge in [-0.3, -0.25) is 9.59 Å². The number of aryl methyl sites for hydroxylation is 1. The predicted octanol–water partition coefficient (Wildman–Crippen LogP) is 0.905. The van der Waals surface area contributed by atoms with Crippen LogP contribution in [-0.4, -0.2) is 27.4 Å². The minimum Gasteiger partial charge on any atom is -0.344 e. The van der Waals surface area contributed by atoms with Crippen LogP contribution >= 0.6 is 0 Å². The van der Waals surface area contributed by atoms with E-state index >= 15 is 0 Å². The summed E-state index contributed by atoms with van der Waals surface area (Å²) in [5.74, 6) is 5.90. The largest absolute Gasteiger partial charge is 0.344 e. The summed E-state index contributed by atoms with van der Waals surface area (Å²) in [6.45, 7) is 5.85. The van der Waals surface area contributed by atoms with Gasteiger partial charge < -0.3 is 15.2 Å². The van der Waals surface area contributed by atoms with Gasteiger partial charge in [0, 0.05) is 31.3 Å². The standard InChI is InChI=1S/C16H22N4O2/c1-16(2,3)8-7-13(22)18-11-5-6-12(21)19-14(11)15-17-9-10-20(15)4/h9-11,14H,5-6H2,1-4H3,(H,18,22)(H,19,21)/t11-,14-/m1/s1. The third-order valence-corrected chi connectivity index (χ3v) is 3.41. The molecule has 22 heavy (non-hydrogen) atoms. The van der Waals surface area contributed by atoms with Crippen molar-refractivity contribution >= 4 is 11.8 Å². The van der Waals surface area contributed by atoms with Gasteiger partial charge in [0.05, 0.1) is 6.04 Å². The van der Waals surface area contributed by atoms with E-state index in [1.165, 1.54) is 0 Å². The van der Waals surface area contributed by atoms with E-state index in [1.54, 1.807) is 6.20 Å². The molecule has 1 aliphatic heterocycles. The van der Waals surface area contributed by atoms with E-state index in [2.05, 4.69) is 27.5 Å². The first-order valence-corrected chi connectivity index (χ1v) is 7.36. The average molecular weight is 302 g/mol. The molecule has 0 aromatic carbocycles. The number of nitrogens with zero attached hydrogens (tertiary/aromatic N) is 2. The second-order valence-electron chi connectivity index (χ2n) is 6.56. The fraction of sp³-hybridized carbons (Fsp3) is 0.562. The molecular weight excluding hydrogens is 280 g/mol. The zero-order valence-electron chi connectivity index (χ0n) is 13.4. The van der Waals surface area contributed by atoms with Crippen LogP contribution in [0.25, 0.3) is 0 Å². The molecule has 118 valence electrons. The van der Waals surface area contributed by atoms with Gasteiger partial charge in [0.15, 0.2) is 0 Å². The Morgan fingerprint density at radius 3 is 2.82 bits per heavy atom. The molecule has 0 bridgehead atoms. The van der Waals surface area contributed by atoms with Gasteiger partial charge in [-0.05, 0) is 33.1 Å². The van der Waals surface area contributed by atoms with Crippen LogP contribution in [0.3, 0.4) is 0 Å². The van der Waals surface area contributed by atoms with Gasteiger partial charge in [-0.15, -0.1) is 0 Å². The first-order valence-electron chi connectivity index (χ1n) is 7.36. The molecule has 0 spiro atoms. The van der Waals surface area contributed by atoms with Gasteiger partial charge in [-0.2, -0.15) is 0 Å². The molecule has 1 aromatic rings. The molecule has 2 rings (SSSR count). The summed E-state index contributed by atoms with van der Waals surface area (Å²) >= 11 is 0. The highest BCUT2D eigenvalue weighted by atomic mass is 16.2. The van der Waals surface area contributed by atoms with Gasteiger partial charge in [0.2, 0.25) is 5.91 Å². The molecule has 6 heteroatoms. The number of hydrogen-bond acceptors (Lipinski definition) is 3. The molecule has 1 saturated heterocycles. The van der Waals surface area contributed by atoms with Crippen LogP contribution in [0.5, 0.6) is 0 Å². The normalized spacial score (nSPS) is 21.5. The summed E-state index contributed by atoms with van der Waals surface area (Å²) in [6.07, 6.45) is 4.45. The highest BCUT2D eigenvalue weighted by molar-refractivity contribution is 5.94. The summed E-state index contributed by atoms with van der Waals surface area (Å²) < 4.78 is 1.84. The molecule has 2 amide bonds. The van der Waals surface area contributed by atoms with E-state index in [1.807, 2.05) is 38.6 Å². The van der Waals surface area contributed by atoms with Gasteiger partial charge in [0.1, 0.15) is 11.9 Å². The Balaban J connectivity index is 2.13. The SMILES string of the molecule is Cn1ccnc1[C@@H]1NC(=O)CC[C@H]1NC(=O)C#CC(C)(C)C. The Hall–Kier alpha value is -2.29. The number of rotatable bonds is 2. The van der Waals surface area contributed by atoms with Crippen LogP contribution in [0.15, 0.2) is 12.4 Å². The van der Waals surface area contributed by atoms with Crippen molar-refractivity contribution < 1.29 is 9.59 Å². The number of nitrogens with one attached hydrogen (secondary N) is 2. The van der Waals surface area contributed by atoms with Gasteiger partial charge in [-0.25, -0.2) is 4.98 Å². The molecule has 2 N–H and O–H groups in total. The third-order valence-electron chi connectivity index (χ3n) is 3.41. The molecule has 0 aliphatic carbocycles. The number of carbonyl (C=O) groups excluding carboxylic acids is 2.